The van der Waals surface area contributed by atoms with Gasteiger partial charge in [0.2, 0.25) is 5.91 Å². The van der Waals surface area contributed by atoms with Crippen LogP contribution in [0.4, 0.5) is 17.6 Å². The first-order valence-electron chi connectivity index (χ1n) is 13.2. The van der Waals surface area contributed by atoms with Crippen LogP contribution in [0.25, 0.3) is 0 Å². The van der Waals surface area contributed by atoms with Crippen LogP contribution in [0.15, 0.2) is 12.1 Å². The number of fused-ring (bicyclic) bond motifs is 2. The molecule has 3 fully saturated rings. The second-order valence-corrected chi connectivity index (χ2v) is 11.3. The summed E-state index contributed by atoms with van der Waals surface area (Å²) in [5, 5.41) is 14.3. The predicted molar refractivity (Wildman–Crippen MR) is 131 cm³/mol. The van der Waals surface area contributed by atoms with Crippen molar-refractivity contribution in [3.8, 4) is 11.5 Å². The maximum absolute atomic E-state index is 14.9. The van der Waals surface area contributed by atoms with Crippen LogP contribution < -0.4 is 20.1 Å². The molecule has 0 aliphatic heterocycles. The third kappa shape index (κ3) is 5.94. The van der Waals surface area contributed by atoms with Crippen molar-refractivity contribution in [3.05, 3.63) is 23.5 Å². The van der Waals surface area contributed by atoms with Crippen molar-refractivity contribution in [1.29, 1.82) is 0 Å². The molecule has 0 saturated heterocycles. The first-order chi connectivity index (χ1) is 18.2. The van der Waals surface area contributed by atoms with Gasteiger partial charge in [-0.2, -0.15) is 13.2 Å². The van der Waals surface area contributed by atoms with E-state index in [1.54, 1.807) is 6.92 Å². The minimum Gasteiger partial charge on any atom is -0.496 e. The van der Waals surface area contributed by atoms with Gasteiger partial charge in [0.1, 0.15) is 11.8 Å². The van der Waals surface area contributed by atoms with E-state index in [0.29, 0.717) is 38.5 Å². The highest BCUT2D eigenvalue weighted by molar-refractivity contribution is 5.98. The molecule has 3 saturated carbocycles. The second-order valence-electron chi connectivity index (χ2n) is 11.3. The fourth-order valence-electron chi connectivity index (χ4n) is 6.21. The molecule has 2 amide bonds. The molecule has 3 aliphatic rings. The molecule has 0 heterocycles. The Morgan fingerprint density at radius 2 is 1.72 bits per heavy atom. The van der Waals surface area contributed by atoms with Crippen molar-refractivity contribution in [1.82, 2.24) is 10.6 Å². The van der Waals surface area contributed by atoms with Gasteiger partial charge < -0.3 is 25.2 Å². The van der Waals surface area contributed by atoms with E-state index in [0.717, 1.165) is 19.4 Å². The number of carboxylic acid groups (broad SMARTS) is 1. The highest BCUT2D eigenvalue weighted by Gasteiger charge is 2.52. The van der Waals surface area contributed by atoms with Gasteiger partial charge in [-0.1, -0.05) is 0 Å². The van der Waals surface area contributed by atoms with Crippen LogP contribution in [0.3, 0.4) is 0 Å². The van der Waals surface area contributed by atoms with Gasteiger partial charge in [0.25, 0.3) is 5.91 Å². The van der Waals surface area contributed by atoms with Crippen LogP contribution in [0.5, 0.6) is 11.5 Å². The molecule has 8 nitrogen and oxygen atoms in total. The number of benzene rings is 1. The predicted octanol–water partition coefficient (Wildman–Crippen LogP) is 4.46. The fourth-order valence-corrected chi connectivity index (χ4v) is 6.21. The Hall–Kier alpha value is -3.05. The normalized spacial score (nSPS) is 30.9. The summed E-state index contributed by atoms with van der Waals surface area (Å²) < 4.78 is 65.0. The van der Waals surface area contributed by atoms with E-state index < -0.39 is 59.3 Å². The number of carbonyl (C=O) groups is 3. The van der Waals surface area contributed by atoms with Crippen molar-refractivity contribution >= 4 is 17.8 Å². The number of aliphatic carboxylic acids is 1. The van der Waals surface area contributed by atoms with Gasteiger partial charge in [0.15, 0.2) is 11.6 Å². The number of carboxylic acids is 1. The highest BCUT2D eigenvalue weighted by Crippen LogP contribution is 2.49. The Morgan fingerprint density at radius 1 is 1.08 bits per heavy atom. The lowest BCUT2D eigenvalue weighted by atomic mass is 9.75. The SMILES string of the molecule is COc1cc(F)c(OC2CCC(C)(C(=O)O)CC2)cc1C(=O)N[C@@H]1[C@H]2CC[C@H](C2)[C@@H]1C(=O)N[C@@H](C)C(F)(F)F. The average Bonchev–Trinajstić information content (AvgIpc) is 3.47. The summed E-state index contributed by atoms with van der Waals surface area (Å²) in [6.07, 6.45) is -1.47. The second kappa shape index (κ2) is 10.8. The molecule has 1 aromatic carbocycles. The number of hydrogen-bond acceptors (Lipinski definition) is 5. The smallest absolute Gasteiger partial charge is 0.408 e. The van der Waals surface area contributed by atoms with E-state index >= 15 is 0 Å². The van der Waals surface area contributed by atoms with Crippen LogP contribution in [0.1, 0.15) is 69.2 Å². The molecule has 5 atom stereocenters. The molecule has 4 rings (SSSR count). The lowest BCUT2D eigenvalue weighted by molar-refractivity contribution is -0.160. The molecule has 1 aromatic rings. The van der Waals surface area contributed by atoms with Crippen LogP contribution in [-0.4, -0.2) is 54.4 Å². The Labute approximate surface area is 223 Å². The minimum atomic E-state index is -4.59. The van der Waals surface area contributed by atoms with Crippen LogP contribution >= 0.6 is 0 Å². The Balaban J connectivity index is 1.50. The molecule has 3 aliphatic carbocycles. The summed E-state index contributed by atoms with van der Waals surface area (Å²) in [6.45, 7) is 2.53. The number of nitrogens with one attached hydrogen (secondary N) is 2. The summed E-state index contributed by atoms with van der Waals surface area (Å²) in [6, 6.07) is -0.471. The summed E-state index contributed by atoms with van der Waals surface area (Å²) in [4.78, 5) is 37.7. The number of alkyl halides is 3. The van der Waals surface area contributed by atoms with E-state index in [-0.39, 0.29) is 28.9 Å². The van der Waals surface area contributed by atoms with Crippen LogP contribution in [0.2, 0.25) is 0 Å². The maximum Gasteiger partial charge on any atom is 0.408 e. The molecule has 3 N–H and O–H groups in total. The quantitative estimate of drug-likeness (QED) is 0.406. The molecule has 2 bridgehead atoms. The van der Waals surface area contributed by atoms with Gasteiger partial charge in [-0.25, -0.2) is 4.39 Å². The van der Waals surface area contributed by atoms with E-state index in [1.807, 2.05) is 5.32 Å². The first kappa shape index (κ1) is 28.9. The van der Waals surface area contributed by atoms with Crippen LogP contribution in [-0.2, 0) is 9.59 Å². The van der Waals surface area contributed by atoms with Crippen molar-refractivity contribution in [3.63, 3.8) is 0 Å². The van der Waals surface area contributed by atoms with Crippen molar-refractivity contribution in [2.24, 2.45) is 23.2 Å². The van der Waals surface area contributed by atoms with Gasteiger partial charge in [0, 0.05) is 12.1 Å². The molecule has 0 radical (unpaired) electrons. The van der Waals surface area contributed by atoms with Crippen molar-refractivity contribution < 1.29 is 46.5 Å². The molecular weight excluding hydrogens is 524 g/mol. The van der Waals surface area contributed by atoms with E-state index in [9.17, 15) is 37.1 Å². The Kier molecular flexibility index (Phi) is 8.05. The molecule has 12 heteroatoms. The van der Waals surface area contributed by atoms with Gasteiger partial charge >= 0.3 is 12.1 Å². The van der Waals surface area contributed by atoms with Crippen molar-refractivity contribution in [2.45, 2.75) is 83.2 Å². The largest absolute Gasteiger partial charge is 0.496 e. The number of amides is 2. The average molecular weight is 559 g/mol. The summed E-state index contributed by atoms with van der Waals surface area (Å²) in [7, 11) is 1.27. The first-order valence-corrected chi connectivity index (χ1v) is 13.2. The minimum absolute atomic E-state index is 0.0364. The summed E-state index contributed by atoms with van der Waals surface area (Å²) in [5.41, 5.74) is -0.907. The zero-order valence-electron chi connectivity index (χ0n) is 22.1. The van der Waals surface area contributed by atoms with Gasteiger partial charge in [-0.3, -0.25) is 14.4 Å². The molecule has 216 valence electrons. The number of halogens is 4. The van der Waals surface area contributed by atoms with Crippen LogP contribution in [0, 0.1) is 29.0 Å². The Morgan fingerprint density at radius 3 is 2.31 bits per heavy atom. The number of hydrogen-bond donors (Lipinski definition) is 3. The van der Waals surface area contributed by atoms with Gasteiger partial charge in [-0.15, -0.1) is 0 Å². The maximum atomic E-state index is 14.9. The number of methoxy groups -OCH3 is 1. The molecule has 0 spiro atoms. The third-order valence-electron chi connectivity index (χ3n) is 8.71. The zero-order valence-corrected chi connectivity index (χ0v) is 22.1. The summed E-state index contributed by atoms with van der Waals surface area (Å²) >= 11 is 0. The number of rotatable bonds is 8. The number of ether oxygens (including phenoxy) is 2. The lowest BCUT2D eigenvalue weighted by Crippen LogP contribution is -2.53. The van der Waals surface area contributed by atoms with Gasteiger partial charge in [-0.05, 0) is 76.7 Å². The fraction of sp³-hybridized carbons (Fsp3) is 0.667. The van der Waals surface area contributed by atoms with Crippen molar-refractivity contribution in [2.75, 3.05) is 7.11 Å². The zero-order chi connectivity index (χ0) is 28.7. The molecule has 0 aromatic heterocycles. The van der Waals surface area contributed by atoms with E-state index in [2.05, 4.69) is 5.32 Å². The molecule has 0 unspecified atom stereocenters. The molecular formula is C27H34F4N2O6. The van der Waals surface area contributed by atoms with E-state index in [1.165, 1.54) is 13.2 Å². The lowest BCUT2D eigenvalue weighted by Gasteiger charge is -2.34. The number of carbonyl (C=O) groups excluding carboxylic acids is 2. The summed E-state index contributed by atoms with van der Waals surface area (Å²) in [5.74, 6) is -4.33. The Bertz CT molecular complexity index is 1120. The highest BCUT2D eigenvalue weighted by atomic mass is 19.4. The van der Waals surface area contributed by atoms with E-state index in [4.69, 9.17) is 9.47 Å². The standard InChI is InChI=1S/C27H34F4N2O6/c1-13(27(29,30)31)32-24(35)21-14-4-5-15(10-14)22(21)33-23(34)17-11-20(18(28)12-19(17)38-3)39-16-6-8-26(2,9-7-16)25(36)37/h11-16,21-22H,4-10H2,1-3H3,(H,32,35)(H,33,34)(H,36,37)/t13-,14+,15-,16?,21-,22+,26?/m0/s1. The van der Waals surface area contributed by atoms with Gasteiger partial charge in [0.05, 0.1) is 30.1 Å². The third-order valence-corrected chi connectivity index (χ3v) is 8.71. The molecule has 39 heavy (non-hydrogen) atoms. The monoisotopic (exact) mass is 558 g/mol. The topological polar surface area (TPSA) is 114 Å².